The highest BCUT2D eigenvalue weighted by Crippen LogP contribution is 2.20. The molecule has 4 N–H and O–H groups in total. The molecule has 92 valence electrons. The first kappa shape index (κ1) is 12.1. The fraction of sp³-hybridized carbons (Fsp3) is 0. The van der Waals surface area contributed by atoms with E-state index in [0.717, 1.165) is 0 Å². The first-order chi connectivity index (χ1) is 8.68. The summed E-state index contributed by atoms with van der Waals surface area (Å²) in [7, 11) is 0. The minimum atomic E-state index is -0.661. The molecule has 0 atom stereocenters. The molecule has 2 aromatic rings. The molecule has 0 bridgehead atoms. The topological polar surface area (TPSA) is 92.9 Å². The molecule has 1 aromatic heterocycles. The number of hydrogen-bond acceptors (Lipinski definition) is 5. The largest absolute Gasteiger partial charge is 0.364 e. The monoisotopic (exact) mass is 263 g/mol. The maximum absolute atomic E-state index is 11.1. The van der Waals surface area contributed by atoms with Crippen LogP contribution in [0.25, 0.3) is 0 Å². The number of nitrogens with two attached hydrogens (primary N) is 1. The van der Waals surface area contributed by atoms with Crippen molar-refractivity contribution in [2.24, 2.45) is 5.73 Å². The summed E-state index contributed by atoms with van der Waals surface area (Å²) in [6, 6.07) is 7.14. The number of nitrogens with zero attached hydrogens (tertiary/aromatic N) is 2. The Morgan fingerprint density at radius 1 is 1.17 bits per heavy atom. The van der Waals surface area contributed by atoms with Gasteiger partial charge in [-0.3, -0.25) is 15.6 Å². The van der Waals surface area contributed by atoms with Crippen molar-refractivity contribution in [3.05, 3.63) is 47.4 Å². The maximum atomic E-state index is 11.1. The molecule has 0 aliphatic rings. The van der Waals surface area contributed by atoms with E-state index in [1.54, 1.807) is 12.1 Å². The molecule has 1 aromatic carbocycles. The Kier molecular flexibility index (Phi) is 3.59. The zero-order valence-electron chi connectivity index (χ0n) is 9.22. The molecule has 0 saturated carbocycles. The summed E-state index contributed by atoms with van der Waals surface area (Å²) in [4.78, 5) is 18.9. The van der Waals surface area contributed by atoms with Gasteiger partial charge in [-0.15, -0.1) is 0 Å². The number of amides is 1. The highest BCUT2D eigenvalue weighted by Gasteiger charge is 2.10. The molecule has 18 heavy (non-hydrogen) atoms. The van der Waals surface area contributed by atoms with E-state index in [2.05, 4.69) is 20.8 Å². The number of halogens is 1. The van der Waals surface area contributed by atoms with Crippen molar-refractivity contribution < 1.29 is 4.79 Å². The molecule has 0 saturated heterocycles. The Morgan fingerprint density at radius 2 is 1.89 bits per heavy atom. The Balaban J connectivity index is 2.16. The van der Waals surface area contributed by atoms with Gasteiger partial charge < -0.3 is 5.73 Å². The fourth-order valence-electron chi connectivity index (χ4n) is 1.30. The summed E-state index contributed by atoms with van der Waals surface area (Å²) in [5.41, 5.74) is 11.5. The third-order valence-corrected chi connectivity index (χ3v) is 2.45. The second-order valence-electron chi connectivity index (χ2n) is 3.35. The van der Waals surface area contributed by atoms with E-state index >= 15 is 0 Å². The molecular formula is C11H10ClN5O. The predicted molar refractivity (Wildman–Crippen MR) is 69.2 cm³/mol. The van der Waals surface area contributed by atoms with E-state index in [1.807, 2.05) is 12.1 Å². The molecule has 1 amide bonds. The molecule has 6 nitrogen and oxygen atoms in total. The lowest BCUT2D eigenvalue weighted by Gasteiger charge is -2.11. The Hall–Kier alpha value is -2.34. The van der Waals surface area contributed by atoms with Crippen LogP contribution in [0.2, 0.25) is 5.02 Å². The van der Waals surface area contributed by atoms with Crippen molar-refractivity contribution in [2.75, 3.05) is 10.9 Å². The number of hydrazine groups is 1. The third kappa shape index (κ3) is 2.67. The average Bonchev–Trinajstić information content (AvgIpc) is 2.38. The van der Waals surface area contributed by atoms with Crippen molar-refractivity contribution >= 4 is 29.0 Å². The van der Waals surface area contributed by atoms with Gasteiger partial charge in [-0.25, -0.2) is 9.97 Å². The molecule has 0 fully saturated rings. The van der Waals surface area contributed by atoms with Crippen molar-refractivity contribution in [3.63, 3.8) is 0 Å². The number of nitrogens with one attached hydrogen (secondary N) is 2. The van der Waals surface area contributed by atoms with Crippen LogP contribution in [0.15, 0.2) is 36.7 Å². The summed E-state index contributed by atoms with van der Waals surface area (Å²) >= 11 is 5.96. The Bertz CT molecular complexity index is 575. The molecule has 0 aliphatic carbocycles. The van der Waals surface area contributed by atoms with Gasteiger partial charge in [0.25, 0.3) is 5.91 Å². The number of carbonyl (C=O) groups is 1. The van der Waals surface area contributed by atoms with Crippen LogP contribution >= 0.6 is 11.6 Å². The van der Waals surface area contributed by atoms with Crippen molar-refractivity contribution in [3.8, 4) is 0 Å². The summed E-state index contributed by atoms with van der Waals surface area (Å²) in [5, 5.41) is 0.537. The van der Waals surface area contributed by atoms with E-state index in [-0.39, 0.29) is 11.5 Å². The van der Waals surface area contributed by atoms with Gasteiger partial charge in [0.05, 0.1) is 10.7 Å². The number of aromatic nitrogens is 2. The molecule has 1 heterocycles. The van der Waals surface area contributed by atoms with Crippen LogP contribution in [0.4, 0.5) is 11.5 Å². The third-order valence-electron chi connectivity index (χ3n) is 2.12. The summed E-state index contributed by atoms with van der Waals surface area (Å²) < 4.78 is 0. The van der Waals surface area contributed by atoms with Crippen molar-refractivity contribution in [1.82, 2.24) is 9.97 Å². The van der Waals surface area contributed by atoms with Crippen LogP contribution in [0.3, 0.4) is 0 Å². The van der Waals surface area contributed by atoms with Gasteiger partial charge in [0.1, 0.15) is 0 Å². The zero-order chi connectivity index (χ0) is 13.0. The first-order valence-corrected chi connectivity index (χ1v) is 5.43. The number of rotatable bonds is 4. The average molecular weight is 264 g/mol. The van der Waals surface area contributed by atoms with Gasteiger partial charge in [0, 0.05) is 12.4 Å². The van der Waals surface area contributed by atoms with Crippen LogP contribution in [0.5, 0.6) is 0 Å². The number of carbonyl (C=O) groups excluding carboxylic acids is 1. The number of primary amides is 1. The Labute approximate surface area is 108 Å². The van der Waals surface area contributed by atoms with Gasteiger partial charge in [-0.05, 0) is 12.1 Å². The summed E-state index contributed by atoms with van der Waals surface area (Å²) in [5.74, 6) is -0.420. The summed E-state index contributed by atoms with van der Waals surface area (Å²) in [6.07, 6.45) is 2.84. The van der Waals surface area contributed by atoms with Gasteiger partial charge >= 0.3 is 0 Å². The minimum absolute atomic E-state index is 0.0528. The molecule has 0 aliphatic heterocycles. The molecule has 0 unspecified atom stereocenters. The minimum Gasteiger partial charge on any atom is -0.364 e. The van der Waals surface area contributed by atoms with Gasteiger partial charge in [0.15, 0.2) is 11.5 Å². The smallest absolute Gasteiger partial charge is 0.271 e. The Morgan fingerprint density at radius 3 is 2.61 bits per heavy atom. The maximum Gasteiger partial charge on any atom is 0.271 e. The van der Waals surface area contributed by atoms with E-state index in [1.165, 1.54) is 12.4 Å². The standard InChI is InChI=1S/C11H10ClN5O/c12-7-3-1-2-4-8(7)16-17-11-9(10(13)18)14-5-6-15-11/h1-6,16H,(H2,13,18)(H,15,17). The fourth-order valence-corrected chi connectivity index (χ4v) is 1.48. The first-order valence-electron chi connectivity index (χ1n) is 5.06. The molecule has 0 spiro atoms. The second kappa shape index (κ2) is 5.33. The van der Waals surface area contributed by atoms with Crippen molar-refractivity contribution in [1.29, 1.82) is 0 Å². The second-order valence-corrected chi connectivity index (χ2v) is 3.75. The number of hydrogen-bond donors (Lipinski definition) is 3. The SMILES string of the molecule is NC(=O)c1nccnc1NNc1ccccc1Cl. The van der Waals surface area contributed by atoms with Crippen molar-refractivity contribution in [2.45, 2.75) is 0 Å². The highest BCUT2D eigenvalue weighted by molar-refractivity contribution is 6.33. The quantitative estimate of drug-likeness (QED) is 0.730. The number of para-hydroxylation sites is 1. The molecule has 2 rings (SSSR count). The lowest BCUT2D eigenvalue weighted by molar-refractivity contribution is 0.0996. The van der Waals surface area contributed by atoms with Crippen LogP contribution in [-0.2, 0) is 0 Å². The van der Waals surface area contributed by atoms with Crippen LogP contribution in [0, 0.1) is 0 Å². The van der Waals surface area contributed by atoms with Crippen LogP contribution in [0.1, 0.15) is 10.5 Å². The van der Waals surface area contributed by atoms with E-state index in [9.17, 15) is 4.79 Å². The summed E-state index contributed by atoms with van der Waals surface area (Å²) in [6.45, 7) is 0. The molecule has 7 heteroatoms. The van der Waals surface area contributed by atoms with Gasteiger partial charge in [-0.1, -0.05) is 23.7 Å². The van der Waals surface area contributed by atoms with Crippen LogP contribution in [-0.4, -0.2) is 15.9 Å². The van der Waals surface area contributed by atoms with Crippen LogP contribution < -0.4 is 16.6 Å². The molecular weight excluding hydrogens is 254 g/mol. The number of anilines is 2. The number of benzene rings is 1. The molecule has 0 radical (unpaired) electrons. The predicted octanol–water partition coefficient (Wildman–Crippen LogP) is 1.67. The van der Waals surface area contributed by atoms with Gasteiger partial charge in [-0.2, -0.15) is 0 Å². The lowest BCUT2D eigenvalue weighted by Crippen LogP contribution is -2.19. The highest BCUT2D eigenvalue weighted by atomic mass is 35.5. The zero-order valence-corrected chi connectivity index (χ0v) is 9.98. The normalized spacial score (nSPS) is 9.83. The van der Waals surface area contributed by atoms with Gasteiger partial charge in [0.2, 0.25) is 0 Å². The lowest BCUT2D eigenvalue weighted by atomic mass is 10.3. The van der Waals surface area contributed by atoms with E-state index in [0.29, 0.717) is 10.7 Å². The van der Waals surface area contributed by atoms with E-state index in [4.69, 9.17) is 17.3 Å². The van der Waals surface area contributed by atoms with E-state index < -0.39 is 5.91 Å².